The fourth-order valence-corrected chi connectivity index (χ4v) is 12.2. The molecule has 4 aliphatic rings. The Morgan fingerprint density at radius 2 is 1.58 bits per heavy atom. The van der Waals surface area contributed by atoms with Crippen molar-refractivity contribution in [3.8, 4) is 17.2 Å². The van der Waals surface area contributed by atoms with Crippen LogP contribution in [0, 0.1) is 17.8 Å². The van der Waals surface area contributed by atoms with E-state index in [4.69, 9.17) is 35.3 Å². The minimum Gasteiger partial charge on any atom is -0.497 e. The molecule has 8 rings (SSSR count). The molecule has 4 aromatic carbocycles. The van der Waals surface area contributed by atoms with Gasteiger partial charge in [0.2, 0.25) is 0 Å². The molecule has 4 aromatic rings. The van der Waals surface area contributed by atoms with Crippen LogP contribution in [-0.4, -0.2) is 88.8 Å². The van der Waals surface area contributed by atoms with Gasteiger partial charge in [0.1, 0.15) is 22.8 Å². The molecule has 13 heteroatoms. The molecule has 0 aromatic heterocycles. The van der Waals surface area contributed by atoms with E-state index in [9.17, 15) is 13.2 Å². The number of carbonyl (C=O) groups is 1. The van der Waals surface area contributed by atoms with E-state index in [0.29, 0.717) is 29.6 Å². The number of carbonyl (C=O) groups excluding carboxylic acids is 1. The van der Waals surface area contributed by atoms with E-state index < -0.39 is 15.8 Å². The third-order valence-electron chi connectivity index (χ3n) is 14.4. The topological polar surface area (TPSA) is 107 Å². The highest BCUT2D eigenvalue weighted by Gasteiger charge is 2.47. The molecule has 6 atom stereocenters. The molecule has 0 saturated heterocycles. The van der Waals surface area contributed by atoms with E-state index in [0.717, 1.165) is 79.2 Å². The first-order chi connectivity index (χ1) is 31.5. The summed E-state index contributed by atoms with van der Waals surface area (Å²) in [4.78, 5) is 15.9. The van der Waals surface area contributed by atoms with Gasteiger partial charge >= 0.3 is 5.97 Å². The molecule has 11 nitrogen and oxygen atoms in total. The van der Waals surface area contributed by atoms with Crippen LogP contribution in [-0.2, 0) is 44.6 Å². The Kier molecular flexibility index (Phi) is 14.2. The van der Waals surface area contributed by atoms with E-state index in [-0.39, 0.29) is 48.5 Å². The second-order valence-electron chi connectivity index (χ2n) is 19.8. The van der Waals surface area contributed by atoms with Crippen LogP contribution >= 0.6 is 11.6 Å². The van der Waals surface area contributed by atoms with E-state index in [1.54, 1.807) is 32.7 Å². The quantitative estimate of drug-likeness (QED) is 0.0802. The summed E-state index contributed by atoms with van der Waals surface area (Å²) in [5, 5.41) is 0.747. The number of ether oxygens (including phenoxy) is 5. The molecule has 1 unspecified atom stereocenters. The van der Waals surface area contributed by atoms with Gasteiger partial charge in [-0.05, 0) is 166 Å². The van der Waals surface area contributed by atoms with Gasteiger partial charge in [0.25, 0.3) is 10.2 Å². The molecule has 1 saturated carbocycles. The van der Waals surface area contributed by atoms with Crippen LogP contribution in [0.5, 0.6) is 17.2 Å². The molecular weight excluding hydrogens is 874 g/mol. The Bertz CT molecular complexity index is 2460. The maximum Gasteiger partial charge on any atom is 0.338 e. The van der Waals surface area contributed by atoms with Crippen molar-refractivity contribution in [1.82, 2.24) is 8.61 Å². The first-order valence-corrected chi connectivity index (χ1v) is 25.0. The molecule has 0 radical (unpaired) electrons. The highest BCUT2D eigenvalue weighted by molar-refractivity contribution is 7.86. The lowest BCUT2D eigenvalue weighted by atomic mass is 9.65. The Hall–Kier alpha value is -4.59. The van der Waals surface area contributed by atoms with Crippen LogP contribution in [0.4, 0.5) is 5.69 Å². The number of benzene rings is 4. The maximum atomic E-state index is 14.6. The van der Waals surface area contributed by atoms with Crippen LogP contribution in [0.1, 0.15) is 92.4 Å². The zero-order valence-corrected chi connectivity index (χ0v) is 41.3. The van der Waals surface area contributed by atoms with Crippen LogP contribution in [0.2, 0.25) is 5.02 Å². The van der Waals surface area contributed by atoms with Crippen LogP contribution in [0.3, 0.4) is 0 Å². The van der Waals surface area contributed by atoms with Gasteiger partial charge in [0, 0.05) is 56.8 Å². The second kappa shape index (κ2) is 19.6. The third kappa shape index (κ3) is 10.1. The molecule has 3 aliphatic carbocycles. The lowest BCUT2D eigenvalue weighted by Gasteiger charge is -2.48. The van der Waals surface area contributed by atoms with E-state index in [1.807, 2.05) is 100 Å². The lowest BCUT2D eigenvalue weighted by Crippen LogP contribution is -2.51. The van der Waals surface area contributed by atoms with Crippen molar-refractivity contribution in [3.63, 3.8) is 0 Å². The van der Waals surface area contributed by atoms with Crippen molar-refractivity contribution in [2.24, 2.45) is 17.8 Å². The van der Waals surface area contributed by atoms with Gasteiger partial charge < -0.3 is 28.6 Å². The SMILES string of the molecule is COc1ccc(CN(Cc2ccc(OC)cc2)S(=O)(=O)N(C)[C@@H](C)C2C=C([C@@H](OC)[C@@H]3CC[C@H]3CN3C[C@@]4(CCCc5cc(Cl)ccc54)COc4ccc(C(=O)OC(C)(C)C)cc43)C2)cc1. The van der Waals surface area contributed by atoms with Gasteiger partial charge in [0.15, 0.2) is 0 Å². The summed E-state index contributed by atoms with van der Waals surface area (Å²) >= 11 is 6.53. The molecule has 0 bridgehead atoms. The summed E-state index contributed by atoms with van der Waals surface area (Å²) in [5.74, 6) is 2.46. The number of nitrogens with zero attached hydrogens (tertiary/aromatic N) is 3. The molecule has 354 valence electrons. The van der Waals surface area contributed by atoms with Gasteiger partial charge in [-0.25, -0.2) is 4.79 Å². The number of hydrogen-bond donors (Lipinski definition) is 0. The van der Waals surface area contributed by atoms with Gasteiger partial charge in [-0.2, -0.15) is 17.0 Å². The predicted octanol–water partition coefficient (Wildman–Crippen LogP) is 10.0. The molecule has 0 amide bonds. The molecule has 1 fully saturated rings. The molecule has 1 spiro atoms. The first-order valence-electron chi connectivity index (χ1n) is 23.3. The predicted molar refractivity (Wildman–Crippen MR) is 260 cm³/mol. The number of rotatable bonds is 16. The maximum absolute atomic E-state index is 14.6. The number of anilines is 1. The molecule has 0 N–H and O–H groups in total. The van der Waals surface area contributed by atoms with Crippen molar-refractivity contribution in [3.05, 3.63) is 129 Å². The minimum absolute atomic E-state index is 0.0282. The standard InChI is InChI=1S/C53H66ClN3O8S/c1-35(55(5)66(59,60)57(30-36-11-18-44(61-6)19-12-36)31-37-13-20-45(62-7)21-14-37)41-26-42(27-41)50(63-8)46-22-15-40(46)32-56-33-53(25-9-10-38-28-43(54)17-23-47(38)53)34-64-49-24-16-39(29-48(49)56)51(58)65-52(2,3)4/h11-14,16-21,23-24,26,28-29,35,40-41,46,50H,9-10,15,22,25,27,30-34H2,1-8H3/t35-,40-,41?,46+,50+,53-/m0/s1. The summed E-state index contributed by atoms with van der Waals surface area (Å²) in [6.45, 7) is 10.1. The number of aryl methyl sites for hydroxylation is 1. The normalized spacial score (nSPS) is 22.5. The average molecular weight is 941 g/mol. The summed E-state index contributed by atoms with van der Waals surface area (Å²) < 4.78 is 61.9. The van der Waals surface area contributed by atoms with Crippen molar-refractivity contribution in [2.75, 3.05) is 53.0 Å². The Morgan fingerprint density at radius 3 is 2.15 bits per heavy atom. The number of halogens is 1. The van der Waals surface area contributed by atoms with Crippen LogP contribution in [0.25, 0.3) is 0 Å². The number of fused-ring (bicyclic) bond motifs is 3. The smallest absolute Gasteiger partial charge is 0.338 e. The molecular formula is C53H66ClN3O8S. The van der Waals surface area contributed by atoms with E-state index in [2.05, 4.69) is 23.1 Å². The molecule has 1 aliphatic heterocycles. The van der Waals surface area contributed by atoms with Gasteiger partial charge in [0.05, 0.1) is 38.2 Å². The number of hydrogen-bond acceptors (Lipinski definition) is 9. The van der Waals surface area contributed by atoms with E-state index in [1.165, 1.54) is 21.0 Å². The monoisotopic (exact) mass is 939 g/mol. The summed E-state index contributed by atoms with van der Waals surface area (Å²) in [6.07, 6.45) is 8.00. The third-order valence-corrected chi connectivity index (χ3v) is 16.6. The zero-order valence-electron chi connectivity index (χ0n) is 39.7. The van der Waals surface area contributed by atoms with Gasteiger partial charge in [-0.15, -0.1) is 0 Å². The largest absolute Gasteiger partial charge is 0.497 e. The highest BCUT2D eigenvalue weighted by Crippen LogP contribution is 2.49. The lowest BCUT2D eigenvalue weighted by molar-refractivity contribution is -0.000542. The first kappa shape index (κ1) is 47.9. The molecule has 66 heavy (non-hydrogen) atoms. The highest BCUT2D eigenvalue weighted by atomic mass is 35.5. The number of esters is 1. The van der Waals surface area contributed by atoms with Gasteiger partial charge in [-0.1, -0.05) is 48.0 Å². The Labute approximate surface area is 397 Å². The van der Waals surface area contributed by atoms with Crippen LogP contribution in [0.15, 0.2) is 96.6 Å². The van der Waals surface area contributed by atoms with Crippen LogP contribution < -0.4 is 19.1 Å². The van der Waals surface area contributed by atoms with Crippen molar-refractivity contribution in [2.45, 2.75) is 102 Å². The number of methoxy groups -OCH3 is 3. The zero-order chi connectivity index (χ0) is 47.0. The molecule has 1 heterocycles. The van der Waals surface area contributed by atoms with Gasteiger partial charge in [-0.3, -0.25) is 0 Å². The summed E-state index contributed by atoms with van der Waals surface area (Å²) in [5.41, 5.74) is 6.04. The van der Waals surface area contributed by atoms with E-state index >= 15 is 0 Å². The fraction of sp³-hybridized carbons (Fsp3) is 0.491. The van der Waals surface area contributed by atoms with Crippen molar-refractivity contribution in [1.29, 1.82) is 0 Å². The second-order valence-corrected chi connectivity index (χ2v) is 22.2. The summed E-state index contributed by atoms with van der Waals surface area (Å²) in [7, 11) is 2.81. The Morgan fingerprint density at radius 1 is 0.924 bits per heavy atom. The fourth-order valence-electron chi connectivity index (χ4n) is 10.5. The average Bonchev–Trinajstić information content (AvgIpc) is 3.42. The summed E-state index contributed by atoms with van der Waals surface area (Å²) in [6, 6.07) is 26.7. The van der Waals surface area contributed by atoms with Crippen molar-refractivity contribution >= 4 is 33.5 Å². The Balaban J connectivity index is 1.01. The minimum atomic E-state index is -3.91. The van der Waals surface area contributed by atoms with Crippen molar-refractivity contribution < 1.29 is 36.9 Å².